The largest absolute Gasteiger partial charge is 0.389 e. The smallest absolute Gasteiger partial charge is 0.0698 e. The Morgan fingerprint density at radius 1 is 1.33 bits per heavy atom. The van der Waals surface area contributed by atoms with E-state index in [1.165, 1.54) is 19.3 Å². The van der Waals surface area contributed by atoms with Crippen molar-refractivity contribution in [2.75, 3.05) is 0 Å². The number of hydrogen-bond donors (Lipinski definition) is 1. The molecule has 1 nitrogen and oxygen atoms in total. The Labute approximate surface area is 95.3 Å². The predicted octanol–water partition coefficient (Wildman–Crippen LogP) is 4.00. The van der Waals surface area contributed by atoms with Crippen molar-refractivity contribution >= 4 is 0 Å². The first-order chi connectivity index (χ1) is 6.74. The van der Waals surface area contributed by atoms with Crippen LogP contribution in [0.5, 0.6) is 0 Å². The van der Waals surface area contributed by atoms with Crippen molar-refractivity contribution < 1.29 is 5.11 Å². The fourth-order valence-corrected chi connectivity index (χ4v) is 2.91. The van der Waals surface area contributed by atoms with E-state index in [0.717, 1.165) is 24.7 Å². The third kappa shape index (κ3) is 3.21. The summed E-state index contributed by atoms with van der Waals surface area (Å²) in [5.41, 5.74) is -0.395. The molecule has 0 heterocycles. The average Bonchev–Trinajstić information content (AvgIpc) is 2.00. The molecule has 0 radical (unpaired) electrons. The topological polar surface area (TPSA) is 20.2 Å². The highest BCUT2D eigenvalue weighted by Gasteiger charge is 2.43. The van der Waals surface area contributed by atoms with Gasteiger partial charge in [-0.25, -0.2) is 0 Å². The molecule has 90 valence electrons. The van der Waals surface area contributed by atoms with E-state index in [9.17, 15) is 5.11 Å². The average molecular weight is 212 g/mol. The lowest BCUT2D eigenvalue weighted by Crippen LogP contribution is -2.46. The molecule has 1 fully saturated rings. The molecule has 0 spiro atoms. The Morgan fingerprint density at radius 3 is 2.40 bits per heavy atom. The third-order valence-electron chi connectivity index (χ3n) is 4.03. The molecule has 0 bridgehead atoms. The maximum Gasteiger partial charge on any atom is 0.0698 e. The SMILES string of the molecule is CC(C)CC1CCCC(O)(C(C)(C)C)C1. The molecule has 1 aliphatic carbocycles. The number of hydrogen-bond acceptors (Lipinski definition) is 1. The molecule has 1 rings (SSSR count). The molecule has 2 atom stereocenters. The molecule has 1 N–H and O–H groups in total. The summed E-state index contributed by atoms with van der Waals surface area (Å²) < 4.78 is 0. The Bertz CT molecular complexity index is 202. The van der Waals surface area contributed by atoms with Crippen LogP contribution in [0.2, 0.25) is 0 Å². The summed E-state index contributed by atoms with van der Waals surface area (Å²) in [6.45, 7) is 11.1. The van der Waals surface area contributed by atoms with Crippen molar-refractivity contribution in [3.63, 3.8) is 0 Å². The van der Waals surface area contributed by atoms with Gasteiger partial charge in [0.25, 0.3) is 0 Å². The molecule has 0 aromatic rings. The van der Waals surface area contributed by atoms with Crippen LogP contribution < -0.4 is 0 Å². The molecule has 0 amide bonds. The van der Waals surface area contributed by atoms with Crippen LogP contribution in [-0.4, -0.2) is 10.7 Å². The summed E-state index contributed by atoms with van der Waals surface area (Å²) >= 11 is 0. The van der Waals surface area contributed by atoms with Gasteiger partial charge in [-0.1, -0.05) is 47.5 Å². The van der Waals surface area contributed by atoms with E-state index >= 15 is 0 Å². The van der Waals surface area contributed by atoms with Gasteiger partial charge < -0.3 is 5.11 Å². The van der Waals surface area contributed by atoms with Crippen LogP contribution in [-0.2, 0) is 0 Å². The number of rotatable bonds is 2. The van der Waals surface area contributed by atoms with Crippen molar-refractivity contribution in [3.8, 4) is 0 Å². The molecule has 1 heteroatoms. The zero-order valence-electron chi connectivity index (χ0n) is 11.1. The van der Waals surface area contributed by atoms with E-state index in [1.807, 2.05) is 0 Å². The van der Waals surface area contributed by atoms with Crippen molar-refractivity contribution in [2.24, 2.45) is 17.3 Å². The lowest BCUT2D eigenvalue weighted by Gasteiger charge is -2.46. The highest BCUT2D eigenvalue weighted by Crippen LogP contribution is 2.45. The van der Waals surface area contributed by atoms with Gasteiger partial charge >= 0.3 is 0 Å². The van der Waals surface area contributed by atoms with Crippen LogP contribution in [0.15, 0.2) is 0 Å². The summed E-state index contributed by atoms with van der Waals surface area (Å²) in [4.78, 5) is 0. The van der Waals surface area contributed by atoms with Gasteiger partial charge in [0.2, 0.25) is 0 Å². The first-order valence-corrected chi connectivity index (χ1v) is 6.47. The van der Waals surface area contributed by atoms with Crippen molar-refractivity contribution in [1.82, 2.24) is 0 Å². The molecule has 1 saturated carbocycles. The first kappa shape index (κ1) is 13.0. The zero-order valence-corrected chi connectivity index (χ0v) is 11.1. The molecule has 0 saturated heterocycles. The molecular weight excluding hydrogens is 184 g/mol. The molecule has 0 aromatic heterocycles. The maximum atomic E-state index is 10.7. The van der Waals surface area contributed by atoms with Crippen molar-refractivity contribution in [1.29, 1.82) is 0 Å². The van der Waals surface area contributed by atoms with E-state index in [2.05, 4.69) is 34.6 Å². The Morgan fingerprint density at radius 2 is 1.93 bits per heavy atom. The maximum absolute atomic E-state index is 10.7. The standard InChI is InChI=1S/C14H28O/c1-11(2)9-12-7-6-8-14(15,10-12)13(3,4)5/h11-12,15H,6-10H2,1-5H3. The molecule has 15 heavy (non-hydrogen) atoms. The zero-order chi connectivity index (χ0) is 11.7. The van der Waals surface area contributed by atoms with Gasteiger partial charge in [0.1, 0.15) is 0 Å². The van der Waals surface area contributed by atoms with Gasteiger partial charge in [-0.15, -0.1) is 0 Å². The van der Waals surface area contributed by atoms with Gasteiger partial charge in [0.05, 0.1) is 5.60 Å². The first-order valence-electron chi connectivity index (χ1n) is 6.47. The minimum absolute atomic E-state index is 0.0304. The second-order valence-electron chi connectivity index (χ2n) is 6.87. The fraction of sp³-hybridized carbons (Fsp3) is 1.00. The third-order valence-corrected chi connectivity index (χ3v) is 4.03. The summed E-state index contributed by atoms with van der Waals surface area (Å²) in [6, 6.07) is 0. The fourth-order valence-electron chi connectivity index (χ4n) is 2.91. The van der Waals surface area contributed by atoms with Crippen molar-refractivity contribution in [3.05, 3.63) is 0 Å². The van der Waals surface area contributed by atoms with Gasteiger partial charge in [-0.3, -0.25) is 0 Å². The van der Waals surface area contributed by atoms with Crippen LogP contribution in [0.1, 0.15) is 66.7 Å². The van der Waals surface area contributed by atoms with E-state index in [-0.39, 0.29) is 5.41 Å². The van der Waals surface area contributed by atoms with Crippen LogP contribution in [0, 0.1) is 17.3 Å². The normalized spacial score (nSPS) is 33.4. The van der Waals surface area contributed by atoms with Crippen LogP contribution in [0.25, 0.3) is 0 Å². The van der Waals surface area contributed by atoms with Crippen LogP contribution >= 0.6 is 0 Å². The van der Waals surface area contributed by atoms with Gasteiger partial charge in [0.15, 0.2) is 0 Å². The molecular formula is C14H28O. The highest BCUT2D eigenvalue weighted by molar-refractivity contribution is 4.95. The van der Waals surface area contributed by atoms with Gasteiger partial charge in [-0.05, 0) is 36.5 Å². The summed E-state index contributed by atoms with van der Waals surface area (Å²) in [5.74, 6) is 1.50. The van der Waals surface area contributed by atoms with E-state index in [0.29, 0.717) is 0 Å². The van der Waals surface area contributed by atoms with Gasteiger partial charge in [-0.2, -0.15) is 0 Å². The summed E-state index contributed by atoms with van der Waals surface area (Å²) in [6.07, 6.45) is 5.79. The Hall–Kier alpha value is -0.0400. The minimum Gasteiger partial charge on any atom is -0.389 e. The van der Waals surface area contributed by atoms with Gasteiger partial charge in [0, 0.05) is 0 Å². The lowest BCUT2D eigenvalue weighted by molar-refractivity contribution is -0.100. The van der Waals surface area contributed by atoms with Crippen molar-refractivity contribution in [2.45, 2.75) is 72.3 Å². The lowest BCUT2D eigenvalue weighted by atomic mass is 9.64. The predicted molar refractivity (Wildman–Crippen MR) is 65.8 cm³/mol. The summed E-state index contributed by atoms with van der Waals surface area (Å²) in [7, 11) is 0. The number of aliphatic hydroxyl groups is 1. The molecule has 2 unspecified atom stereocenters. The van der Waals surface area contributed by atoms with Crippen LogP contribution in [0.4, 0.5) is 0 Å². The minimum atomic E-state index is -0.426. The molecule has 1 aliphatic rings. The second-order valence-corrected chi connectivity index (χ2v) is 6.87. The second kappa shape index (κ2) is 4.45. The van der Waals surface area contributed by atoms with E-state index in [4.69, 9.17) is 0 Å². The quantitative estimate of drug-likeness (QED) is 0.733. The van der Waals surface area contributed by atoms with E-state index < -0.39 is 5.60 Å². The van der Waals surface area contributed by atoms with Crippen LogP contribution in [0.3, 0.4) is 0 Å². The molecule has 0 aliphatic heterocycles. The monoisotopic (exact) mass is 212 g/mol. The summed E-state index contributed by atoms with van der Waals surface area (Å²) in [5, 5.41) is 10.7. The van der Waals surface area contributed by atoms with E-state index in [1.54, 1.807) is 0 Å². The molecule has 0 aromatic carbocycles. The Kier molecular flexibility index (Phi) is 3.86. The Balaban J connectivity index is 2.63. The highest BCUT2D eigenvalue weighted by atomic mass is 16.3.